The van der Waals surface area contributed by atoms with E-state index in [2.05, 4.69) is 0 Å². The minimum Gasteiger partial charge on any atom is -0.401 e. The Morgan fingerprint density at radius 2 is 2.00 bits per heavy atom. The van der Waals surface area contributed by atoms with Crippen LogP contribution in [0.25, 0.3) is 5.57 Å². The zero-order valence-corrected chi connectivity index (χ0v) is 11.5. The average molecular weight is 304 g/mol. The molecule has 1 aromatic carbocycles. The van der Waals surface area contributed by atoms with E-state index in [1.165, 1.54) is 6.07 Å². The van der Waals surface area contributed by atoms with Crippen LogP contribution in [0.2, 0.25) is 5.02 Å². The van der Waals surface area contributed by atoms with Crippen LogP contribution in [0.3, 0.4) is 0 Å². The average Bonchev–Trinajstić information content (AvgIpc) is 2.62. The highest BCUT2D eigenvalue weighted by atomic mass is 35.5. The molecule has 0 amide bonds. The van der Waals surface area contributed by atoms with Gasteiger partial charge in [-0.1, -0.05) is 18.5 Å². The Morgan fingerprint density at radius 3 is 2.50 bits per heavy atom. The smallest absolute Gasteiger partial charge is 0.401 e. The molecule has 6 heteroatoms. The second-order valence-electron chi connectivity index (χ2n) is 4.80. The molecule has 0 aromatic heterocycles. The van der Waals surface area contributed by atoms with Gasteiger partial charge < -0.3 is 5.73 Å². The lowest BCUT2D eigenvalue weighted by atomic mass is 9.96. The van der Waals surface area contributed by atoms with E-state index in [0.29, 0.717) is 18.5 Å². The minimum atomic E-state index is -4.51. The van der Waals surface area contributed by atoms with Gasteiger partial charge in [0.1, 0.15) is 0 Å². The fourth-order valence-electron chi connectivity index (χ4n) is 2.38. The zero-order valence-electron chi connectivity index (χ0n) is 10.7. The summed E-state index contributed by atoms with van der Waals surface area (Å²) < 4.78 is 38.3. The maximum Gasteiger partial charge on any atom is 0.416 e. The molecule has 2 rings (SSSR count). The number of halogens is 4. The van der Waals surface area contributed by atoms with Gasteiger partial charge in [0.05, 0.1) is 5.56 Å². The summed E-state index contributed by atoms with van der Waals surface area (Å²) >= 11 is 5.73. The number of rotatable bonds is 2. The molecule has 0 heterocycles. The number of ketones is 1. The summed E-state index contributed by atoms with van der Waals surface area (Å²) in [4.78, 5) is 12.2. The topological polar surface area (TPSA) is 43.1 Å². The van der Waals surface area contributed by atoms with Crippen molar-refractivity contribution in [2.45, 2.75) is 25.9 Å². The van der Waals surface area contributed by atoms with Gasteiger partial charge in [0.25, 0.3) is 0 Å². The molecule has 0 saturated heterocycles. The van der Waals surface area contributed by atoms with Crippen LogP contribution in [0.1, 0.15) is 30.9 Å². The molecular formula is C14H13ClF3NO. The largest absolute Gasteiger partial charge is 0.416 e. The molecule has 108 valence electrons. The van der Waals surface area contributed by atoms with Crippen molar-refractivity contribution in [2.24, 2.45) is 11.7 Å². The molecule has 0 saturated carbocycles. The third kappa shape index (κ3) is 2.68. The van der Waals surface area contributed by atoms with Gasteiger partial charge in [-0.05, 0) is 36.6 Å². The van der Waals surface area contributed by atoms with Gasteiger partial charge in [0.2, 0.25) is 0 Å². The molecular weight excluding hydrogens is 291 g/mol. The maximum atomic E-state index is 12.8. The van der Waals surface area contributed by atoms with Crippen LogP contribution in [-0.4, -0.2) is 5.78 Å². The number of hydrogen-bond acceptors (Lipinski definition) is 2. The summed E-state index contributed by atoms with van der Waals surface area (Å²) in [6.07, 6.45) is -3.52. The van der Waals surface area contributed by atoms with Crippen molar-refractivity contribution in [2.75, 3.05) is 0 Å². The monoisotopic (exact) mass is 303 g/mol. The molecule has 0 spiro atoms. The van der Waals surface area contributed by atoms with Crippen molar-refractivity contribution in [1.29, 1.82) is 0 Å². The van der Waals surface area contributed by atoms with Crippen LogP contribution in [-0.2, 0) is 11.0 Å². The van der Waals surface area contributed by atoms with Gasteiger partial charge in [-0.3, -0.25) is 4.79 Å². The van der Waals surface area contributed by atoms with Gasteiger partial charge in [0, 0.05) is 22.2 Å². The van der Waals surface area contributed by atoms with Crippen LogP contribution in [0.5, 0.6) is 0 Å². The van der Waals surface area contributed by atoms with E-state index in [1.807, 2.05) is 6.92 Å². The van der Waals surface area contributed by atoms with E-state index in [1.54, 1.807) is 0 Å². The first-order chi connectivity index (χ1) is 9.24. The molecule has 1 aliphatic rings. The third-order valence-electron chi connectivity index (χ3n) is 3.41. The molecule has 0 aliphatic heterocycles. The van der Waals surface area contributed by atoms with Gasteiger partial charge in [-0.15, -0.1) is 0 Å². The van der Waals surface area contributed by atoms with Crippen molar-refractivity contribution < 1.29 is 18.0 Å². The predicted molar refractivity (Wildman–Crippen MR) is 71.0 cm³/mol. The Bertz CT molecular complexity index is 593. The predicted octanol–water partition coefficient (Wildman–Crippen LogP) is 4.03. The van der Waals surface area contributed by atoms with Crippen LogP contribution in [0, 0.1) is 5.92 Å². The van der Waals surface area contributed by atoms with E-state index in [0.717, 1.165) is 12.1 Å². The lowest BCUT2D eigenvalue weighted by molar-refractivity contribution is -0.137. The molecule has 0 fully saturated rings. The Hall–Kier alpha value is -1.49. The molecule has 2 N–H and O–H groups in total. The van der Waals surface area contributed by atoms with Crippen LogP contribution in [0.4, 0.5) is 13.2 Å². The van der Waals surface area contributed by atoms with E-state index >= 15 is 0 Å². The summed E-state index contributed by atoms with van der Waals surface area (Å²) in [5.41, 5.74) is 5.57. The number of Topliss-reactive ketones (excluding diaryl/α,β-unsaturated/α-hetero) is 1. The number of carbonyl (C=O) groups excluding carboxylic acids is 1. The van der Waals surface area contributed by atoms with Crippen LogP contribution >= 0.6 is 11.6 Å². The standard InChI is InChI=1S/C14H13ClF3NO/c1-2-7-5-11(19)12(13(7)20)8-3-9(14(16,17)18)6-10(15)4-8/h3-4,6-7H,2,5,19H2,1H3. The van der Waals surface area contributed by atoms with Crippen molar-refractivity contribution in [3.8, 4) is 0 Å². The van der Waals surface area contributed by atoms with Gasteiger partial charge in [0.15, 0.2) is 5.78 Å². The van der Waals surface area contributed by atoms with Gasteiger partial charge >= 0.3 is 6.18 Å². The third-order valence-corrected chi connectivity index (χ3v) is 3.63. The highest BCUT2D eigenvalue weighted by molar-refractivity contribution is 6.31. The summed E-state index contributed by atoms with van der Waals surface area (Å²) in [6.45, 7) is 1.85. The van der Waals surface area contributed by atoms with Crippen LogP contribution < -0.4 is 5.73 Å². The fourth-order valence-corrected chi connectivity index (χ4v) is 2.61. The highest BCUT2D eigenvalue weighted by Gasteiger charge is 2.35. The summed E-state index contributed by atoms with van der Waals surface area (Å²) in [5, 5.41) is -0.0668. The van der Waals surface area contributed by atoms with Crippen molar-refractivity contribution >= 4 is 23.0 Å². The normalized spacial score (nSPS) is 19.9. The summed E-state index contributed by atoms with van der Waals surface area (Å²) in [7, 11) is 0. The molecule has 1 atom stereocenters. The molecule has 0 bridgehead atoms. The minimum absolute atomic E-state index is 0.0668. The second kappa shape index (κ2) is 5.13. The molecule has 0 radical (unpaired) electrons. The lowest BCUT2D eigenvalue weighted by Crippen LogP contribution is -2.10. The van der Waals surface area contributed by atoms with E-state index in [4.69, 9.17) is 17.3 Å². The number of alkyl halides is 3. The number of carbonyl (C=O) groups is 1. The molecule has 1 aliphatic carbocycles. The van der Waals surface area contributed by atoms with E-state index in [9.17, 15) is 18.0 Å². The Labute approximate surface area is 119 Å². The number of hydrogen-bond donors (Lipinski definition) is 1. The van der Waals surface area contributed by atoms with Crippen molar-refractivity contribution in [1.82, 2.24) is 0 Å². The Morgan fingerprint density at radius 1 is 1.35 bits per heavy atom. The van der Waals surface area contributed by atoms with E-state index < -0.39 is 11.7 Å². The molecule has 1 unspecified atom stereocenters. The first-order valence-corrected chi connectivity index (χ1v) is 6.52. The molecule has 2 nitrogen and oxygen atoms in total. The van der Waals surface area contributed by atoms with E-state index in [-0.39, 0.29) is 27.9 Å². The van der Waals surface area contributed by atoms with Crippen LogP contribution in [0.15, 0.2) is 23.9 Å². The highest BCUT2D eigenvalue weighted by Crippen LogP contribution is 2.38. The Balaban J connectivity index is 2.52. The summed E-state index contributed by atoms with van der Waals surface area (Å²) in [6, 6.07) is 3.09. The molecule has 1 aromatic rings. The number of nitrogens with two attached hydrogens (primary N) is 1. The maximum absolute atomic E-state index is 12.8. The van der Waals surface area contributed by atoms with Crippen molar-refractivity contribution in [3.05, 3.63) is 40.0 Å². The number of allylic oxidation sites excluding steroid dienone is 2. The zero-order chi connectivity index (χ0) is 15.1. The van der Waals surface area contributed by atoms with Crippen molar-refractivity contribution in [3.63, 3.8) is 0 Å². The first-order valence-electron chi connectivity index (χ1n) is 6.15. The lowest BCUT2D eigenvalue weighted by Gasteiger charge is -2.11. The van der Waals surface area contributed by atoms with Gasteiger partial charge in [-0.25, -0.2) is 0 Å². The summed E-state index contributed by atoms with van der Waals surface area (Å²) in [5.74, 6) is -0.460. The fraction of sp³-hybridized carbons (Fsp3) is 0.357. The first kappa shape index (κ1) is 14.9. The van der Waals surface area contributed by atoms with Gasteiger partial charge in [-0.2, -0.15) is 13.2 Å². The SMILES string of the molecule is CCC1CC(N)=C(c2cc(Cl)cc(C(F)(F)F)c2)C1=O. The Kier molecular flexibility index (Phi) is 3.82. The number of benzene rings is 1. The quantitative estimate of drug-likeness (QED) is 0.896. The molecule has 20 heavy (non-hydrogen) atoms. The second-order valence-corrected chi connectivity index (χ2v) is 5.24.